The highest BCUT2D eigenvalue weighted by Gasteiger charge is 1.84. The van der Waals surface area contributed by atoms with Crippen molar-refractivity contribution in [3.8, 4) is 0 Å². The van der Waals surface area contributed by atoms with Crippen LogP contribution >= 0.6 is 0 Å². The van der Waals surface area contributed by atoms with Gasteiger partial charge in [-0.05, 0) is 19.4 Å². The van der Waals surface area contributed by atoms with Crippen LogP contribution in [0.1, 0.15) is 13.8 Å². The third-order valence-electron chi connectivity index (χ3n) is 0.838. The van der Waals surface area contributed by atoms with Gasteiger partial charge in [-0.1, -0.05) is 6.08 Å². The summed E-state index contributed by atoms with van der Waals surface area (Å²) in [7, 11) is 0. The first kappa shape index (κ1) is 7.14. The fourth-order valence-corrected chi connectivity index (χ4v) is 0.212. The summed E-state index contributed by atoms with van der Waals surface area (Å²) in [5.74, 6) is 0. The zero-order valence-corrected chi connectivity index (χ0v) is 5.05. The maximum atomic E-state index is 9.33. The Balaban J connectivity index is 3.24. The van der Waals surface area contributed by atoms with Gasteiger partial charge in [-0.25, -0.2) is 0 Å². The Kier molecular flexibility index (Phi) is 3.84. The molecule has 0 radical (unpaired) electrons. The van der Waals surface area contributed by atoms with Gasteiger partial charge in [0.05, 0.1) is 0 Å². The minimum absolute atomic E-state index is 0.306. The van der Waals surface area contributed by atoms with Crippen LogP contribution in [0.5, 0.6) is 0 Å². The van der Waals surface area contributed by atoms with Crippen molar-refractivity contribution in [3.05, 3.63) is 16.6 Å². The summed E-state index contributed by atoms with van der Waals surface area (Å²) in [4.78, 5) is 13.5. The topological polar surface area (TPSA) is 38.7 Å². The van der Waals surface area contributed by atoms with Crippen molar-refractivity contribution >= 4 is 0 Å². The second-order valence-corrected chi connectivity index (χ2v) is 1.48. The van der Waals surface area contributed by atoms with Crippen molar-refractivity contribution < 1.29 is 4.84 Å². The number of nitrogens with zero attached hydrogens (tertiary/aromatic N) is 1. The molecule has 0 bridgehead atoms. The van der Waals surface area contributed by atoms with Crippen molar-refractivity contribution in [2.24, 2.45) is 5.34 Å². The van der Waals surface area contributed by atoms with Crippen LogP contribution in [-0.4, -0.2) is 6.61 Å². The molecule has 0 unspecified atom stereocenters. The van der Waals surface area contributed by atoms with Gasteiger partial charge in [0.25, 0.3) is 0 Å². The minimum Gasteiger partial charge on any atom is -0.360 e. The van der Waals surface area contributed by atoms with Gasteiger partial charge in [-0.15, -0.1) is 4.91 Å². The Labute approximate surface area is 48.3 Å². The molecule has 8 heavy (non-hydrogen) atoms. The molecule has 0 atom stereocenters. The molecular formula is C5H9NO2. The molecule has 0 rings (SSSR count). The van der Waals surface area contributed by atoms with Gasteiger partial charge in [0, 0.05) is 0 Å². The zero-order chi connectivity index (χ0) is 6.41. The molecule has 46 valence electrons. The molecule has 0 aromatic rings. The Morgan fingerprint density at radius 2 is 2.50 bits per heavy atom. The lowest BCUT2D eigenvalue weighted by molar-refractivity contribution is 0.163. The van der Waals surface area contributed by atoms with E-state index in [9.17, 15) is 4.91 Å². The highest BCUT2D eigenvalue weighted by Crippen LogP contribution is 1.91. The Morgan fingerprint density at radius 1 is 1.88 bits per heavy atom. The summed E-state index contributed by atoms with van der Waals surface area (Å²) in [6, 6.07) is 0. The van der Waals surface area contributed by atoms with E-state index in [0.29, 0.717) is 6.61 Å². The molecule has 0 saturated carbocycles. The number of hydrogen-bond donors (Lipinski definition) is 0. The van der Waals surface area contributed by atoms with Crippen molar-refractivity contribution in [3.63, 3.8) is 0 Å². The molecule has 0 aliphatic carbocycles. The molecule has 0 aliphatic rings. The summed E-state index contributed by atoms with van der Waals surface area (Å²) >= 11 is 0. The van der Waals surface area contributed by atoms with Crippen LogP contribution < -0.4 is 0 Å². The monoisotopic (exact) mass is 115 g/mol. The number of hydrogen-bond acceptors (Lipinski definition) is 3. The van der Waals surface area contributed by atoms with E-state index >= 15 is 0 Å². The SMILES string of the molecule is C/C=C(\C)CON=O. The van der Waals surface area contributed by atoms with Gasteiger partial charge in [0.15, 0.2) is 5.34 Å². The highest BCUT2D eigenvalue weighted by molar-refractivity contribution is 4.94. The summed E-state index contributed by atoms with van der Waals surface area (Å²) in [6.07, 6.45) is 1.87. The quantitative estimate of drug-likeness (QED) is 0.318. The maximum Gasteiger partial charge on any atom is 0.155 e. The predicted molar refractivity (Wildman–Crippen MR) is 31.2 cm³/mol. The van der Waals surface area contributed by atoms with E-state index in [1.807, 2.05) is 19.9 Å². The second kappa shape index (κ2) is 4.30. The molecule has 0 aliphatic heterocycles. The van der Waals surface area contributed by atoms with Crippen molar-refractivity contribution in [1.82, 2.24) is 0 Å². The molecule has 0 aromatic heterocycles. The van der Waals surface area contributed by atoms with E-state index in [2.05, 4.69) is 10.2 Å². The second-order valence-electron chi connectivity index (χ2n) is 1.48. The molecule has 3 nitrogen and oxygen atoms in total. The lowest BCUT2D eigenvalue weighted by Gasteiger charge is -1.91. The van der Waals surface area contributed by atoms with Gasteiger partial charge in [0.2, 0.25) is 0 Å². The fourth-order valence-electron chi connectivity index (χ4n) is 0.212. The molecule has 0 N–H and O–H groups in total. The normalized spacial score (nSPS) is 11.0. The average molecular weight is 115 g/mol. The van der Waals surface area contributed by atoms with Crippen LogP contribution in [0.15, 0.2) is 17.0 Å². The Hall–Kier alpha value is -0.860. The molecule has 0 fully saturated rings. The van der Waals surface area contributed by atoms with Gasteiger partial charge >= 0.3 is 0 Å². The smallest absolute Gasteiger partial charge is 0.155 e. The molecule has 0 aromatic carbocycles. The first-order chi connectivity index (χ1) is 3.81. The van der Waals surface area contributed by atoms with E-state index in [1.54, 1.807) is 0 Å². The van der Waals surface area contributed by atoms with Crippen LogP contribution in [0.2, 0.25) is 0 Å². The van der Waals surface area contributed by atoms with E-state index in [0.717, 1.165) is 5.57 Å². The molecule has 0 heterocycles. The molecule has 0 spiro atoms. The summed E-state index contributed by atoms with van der Waals surface area (Å²) < 4.78 is 0. The minimum atomic E-state index is 0.306. The van der Waals surface area contributed by atoms with Crippen LogP contribution in [0.3, 0.4) is 0 Å². The molecule has 3 heteroatoms. The zero-order valence-electron chi connectivity index (χ0n) is 5.05. The lowest BCUT2D eigenvalue weighted by atomic mass is 10.3. The first-order valence-electron chi connectivity index (χ1n) is 2.37. The number of rotatable bonds is 3. The summed E-state index contributed by atoms with van der Waals surface area (Å²) in [5, 5.41) is 2.23. The van der Waals surface area contributed by atoms with Gasteiger partial charge in [-0.2, -0.15) is 0 Å². The van der Waals surface area contributed by atoms with Gasteiger partial charge < -0.3 is 4.84 Å². The third kappa shape index (κ3) is 3.33. The predicted octanol–water partition coefficient (Wildman–Crippen LogP) is 1.65. The van der Waals surface area contributed by atoms with E-state index < -0.39 is 0 Å². The van der Waals surface area contributed by atoms with E-state index in [-0.39, 0.29) is 0 Å². The largest absolute Gasteiger partial charge is 0.360 e. The maximum absolute atomic E-state index is 9.33. The highest BCUT2D eigenvalue weighted by atomic mass is 16.7. The van der Waals surface area contributed by atoms with Crippen LogP contribution in [0.25, 0.3) is 0 Å². The van der Waals surface area contributed by atoms with Crippen molar-refractivity contribution in [2.75, 3.05) is 6.61 Å². The summed E-state index contributed by atoms with van der Waals surface area (Å²) in [6.45, 7) is 4.05. The lowest BCUT2D eigenvalue weighted by Crippen LogP contribution is -1.86. The number of allylic oxidation sites excluding steroid dienone is 1. The van der Waals surface area contributed by atoms with Crippen LogP contribution in [0, 0.1) is 4.91 Å². The summed E-state index contributed by atoms with van der Waals surface area (Å²) in [5.41, 5.74) is 1.00. The average Bonchev–Trinajstić information content (AvgIpc) is 1.83. The van der Waals surface area contributed by atoms with Crippen LogP contribution in [0.4, 0.5) is 0 Å². The van der Waals surface area contributed by atoms with Crippen molar-refractivity contribution in [1.29, 1.82) is 0 Å². The van der Waals surface area contributed by atoms with E-state index in [1.165, 1.54) is 0 Å². The van der Waals surface area contributed by atoms with Gasteiger partial charge in [0.1, 0.15) is 6.61 Å². The Morgan fingerprint density at radius 3 is 2.88 bits per heavy atom. The van der Waals surface area contributed by atoms with Crippen molar-refractivity contribution in [2.45, 2.75) is 13.8 Å². The third-order valence-corrected chi connectivity index (χ3v) is 0.838. The standard InChI is InChI=1S/C5H9NO2/c1-3-5(2)4-8-6-7/h3H,4H2,1-2H3/b5-3+. The van der Waals surface area contributed by atoms with Gasteiger partial charge in [-0.3, -0.25) is 0 Å². The molecule has 0 saturated heterocycles. The molecular weight excluding hydrogens is 106 g/mol. The Bertz CT molecular complexity index is 98.6. The fraction of sp³-hybridized carbons (Fsp3) is 0.600. The first-order valence-corrected chi connectivity index (χ1v) is 2.37. The molecule has 0 amide bonds. The van der Waals surface area contributed by atoms with Crippen LogP contribution in [-0.2, 0) is 4.84 Å². The van der Waals surface area contributed by atoms with E-state index in [4.69, 9.17) is 0 Å².